The smallest absolute Gasteiger partial charge is 0.256 e. The number of hydrogen-bond acceptors (Lipinski definition) is 7. The molecule has 7 nitrogen and oxygen atoms in total. The van der Waals surface area contributed by atoms with E-state index in [4.69, 9.17) is 4.98 Å². The number of aromatic nitrogens is 5. The lowest BCUT2D eigenvalue weighted by Crippen LogP contribution is -2.14. The van der Waals surface area contributed by atoms with E-state index in [0.717, 1.165) is 31.6 Å². The number of carbonyl (C=O) groups excluding carboxylic acids is 1. The van der Waals surface area contributed by atoms with Crippen LogP contribution in [-0.2, 0) is 7.05 Å². The third-order valence-corrected chi connectivity index (χ3v) is 6.81. The Morgan fingerprint density at radius 3 is 2.66 bits per heavy atom. The number of aryl methyl sites for hydroxylation is 2. The highest BCUT2D eigenvalue weighted by Gasteiger charge is 2.20. The first kappa shape index (κ1) is 20.3. The number of nitrogens with zero attached hydrogens (tertiary/aromatic N) is 5. The summed E-state index contributed by atoms with van der Waals surface area (Å²) in [6, 6.07) is 19.3. The Hall–Kier alpha value is -3.56. The fourth-order valence-electron chi connectivity index (χ4n) is 3.53. The molecule has 32 heavy (non-hydrogen) atoms. The first-order chi connectivity index (χ1) is 15.6. The number of anilines is 1. The molecule has 0 aliphatic rings. The van der Waals surface area contributed by atoms with Crippen LogP contribution in [-0.4, -0.2) is 30.9 Å². The normalized spacial score (nSPS) is 11.1. The fraction of sp³-hybridized carbons (Fsp3) is 0.0870. The molecule has 0 unspecified atom stereocenters. The molecular weight excluding hydrogens is 440 g/mol. The van der Waals surface area contributed by atoms with Crippen molar-refractivity contribution in [2.45, 2.75) is 16.2 Å². The summed E-state index contributed by atoms with van der Waals surface area (Å²) in [5.74, 6) is -0.212. The van der Waals surface area contributed by atoms with E-state index in [1.807, 2.05) is 74.6 Å². The molecule has 0 atom stereocenters. The summed E-state index contributed by atoms with van der Waals surface area (Å²) in [6.45, 7) is 1.89. The van der Waals surface area contributed by atoms with Crippen molar-refractivity contribution in [3.05, 3.63) is 77.4 Å². The fourth-order valence-corrected chi connectivity index (χ4v) is 5.05. The van der Waals surface area contributed by atoms with Crippen LogP contribution in [0.3, 0.4) is 0 Å². The first-order valence-electron chi connectivity index (χ1n) is 9.84. The zero-order valence-electron chi connectivity index (χ0n) is 17.3. The van der Waals surface area contributed by atoms with Crippen LogP contribution in [0, 0.1) is 6.92 Å². The molecular formula is C23H18N6OS2. The average Bonchev–Trinajstić information content (AvgIpc) is 3.42. The molecule has 5 rings (SSSR count). The molecule has 2 aromatic carbocycles. The number of rotatable bonds is 5. The third-order valence-electron chi connectivity index (χ3n) is 4.96. The molecule has 0 aliphatic carbocycles. The van der Waals surface area contributed by atoms with Gasteiger partial charge in [0.05, 0.1) is 28.0 Å². The van der Waals surface area contributed by atoms with Crippen LogP contribution in [0.2, 0.25) is 0 Å². The molecule has 0 radical (unpaired) electrons. The molecule has 5 aromatic rings. The summed E-state index contributed by atoms with van der Waals surface area (Å²) in [7, 11) is 1.84. The zero-order valence-corrected chi connectivity index (χ0v) is 18.9. The lowest BCUT2D eigenvalue weighted by molar-refractivity contribution is 0.102. The summed E-state index contributed by atoms with van der Waals surface area (Å²) in [6.07, 6.45) is 0. The predicted molar refractivity (Wildman–Crippen MR) is 127 cm³/mol. The molecule has 3 aromatic heterocycles. The molecule has 0 bridgehead atoms. The summed E-state index contributed by atoms with van der Waals surface area (Å²) in [4.78, 5) is 19.2. The average molecular weight is 459 g/mol. The van der Waals surface area contributed by atoms with Gasteiger partial charge in [-0.15, -0.1) is 10.2 Å². The molecule has 1 N–H and O–H groups in total. The van der Waals surface area contributed by atoms with Gasteiger partial charge in [-0.05, 0) is 25.1 Å². The predicted octanol–water partition coefficient (Wildman–Crippen LogP) is 5.20. The Kier molecular flexibility index (Phi) is 5.42. The maximum absolute atomic E-state index is 13.5. The minimum atomic E-state index is -0.212. The van der Waals surface area contributed by atoms with Crippen LogP contribution < -0.4 is 5.32 Å². The molecule has 3 heterocycles. The molecule has 0 spiro atoms. The minimum Gasteiger partial charge on any atom is -0.321 e. The Morgan fingerprint density at radius 1 is 1.09 bits per heavy atom. The largest absolute Gasteiger partial charge is 0.321 e. The highest BCUT2D eigenvalue weighted by Crippen LogP contribution is 2.35. The van der Waals surface area contributed by atoms with Crippen molar-refractivity contribution in [1.29, 1.82) is 0 Å². The van der Waals surface area contributed by atoms with Gasteiger partial charge in [-0.3, -0.25) is 9.48 Å². The zero-order chi connectivity index (χ0) is 22.1. The first-order valence-corrected chi connectivity index (χ1v) is 11.5. The number of hydrogen-bond donors (Lipinski definition) is 1. The Labute approximate surface area is 192 Å². The van der Waals surface area contributed by atoms with Crippen LogP contribution >= 0.6 is 23.1 Å². The summed E-state index contributed by atoms with van der Waals surface area (Å²) >= 11 is 2.93. The van der Waals surface area contributed by atoms with Crippen molar-refractivity contribution in [3.8, 4) is 11.3 Å². The lowest BCUT2D eigenvalue weighted by Gasteiger charge is -2.12. The van der Waals surface area contributed by atoms with Gasteiger partial charge < -0.3 is 5.32 Å². The lowest BCUT2D eigenvalue weighted by atomic mass is 10.0. The van der Waals surface area contributed by atoms with Crippen LogP contribution in [0.15, 0.2) is 75.4 Å². The van der Waals surface area contributed by atoms with Crippen LogP contribution in [0.5, 0.6) is 0 Å². The van der Waals surface area contributed by atoms with Gasteiger partial charge in [0.2, 0.25) is 0 Å². The van der Waals surface area contributed by atoms with E-state index in [1.54, 1.807) is 10.2 Å². The number of carbonyl (C=O) groups is 1. The SMILES string of the molecule is Cc1nn(C)c2nc(-c3ccccc3)cc(C(=O)Nc3ccccc3Sc3nncs3)c12. The molecule has 0 aliphatic heterocycles. The third kappa shape index (κ3) is 3.88. The molecule has 158 valence electrons. The second-order valence-corrected chi connectivity index (χ2v) is 9.21. The Bertz CT molecular complexity index is 1410. The molecule has 9 heteroatoms. The van der Waals surface area contributed by atoms with E-state index < -0.39 is 0 Å². The van der Waals surface area contributed by atoms with E-state index in [2.05, 4.69) is 20.6 Å². The van der Waals surface area contributed by atoms with Crippen molar-refractivity contribution >= 4 is 45.7 Å². The van der Waals surface area contributed by atoms with Gasteiger partial charge in [-0.25, -0.2) is 4.98 Å². The van der Waals surface area contributed by atoms with Crippen LogP contribution in [0.25, 0.3) is 22.3 Å². The van der Waals surface area contributed by atoms with E-state index in [1.165, 1.54) is 23.1 Å². The van der Waals surface area contributed by atoms with Crippen molar-refractivity contribution in [1.82, 2.24) is 25.0 Å². The van der Waals surface area contributed by atoms with Gasteiger partial charge in [0.15, 0.2) is 9.99 Å². The van der Waals surface area contributed by atoms with Crippen LogP contribution in [0.4, 0.5) is 5.69 Å². The molecule has 0 saturated heterocycles. The number of amides is 1. The van der Waals surface area contributed by atoms with Crippen molar-refractivity contribution < 1.29 is 4.79 Å². The van der Waals surface area contributed by atoms with E-state index >= 15 is 0 Å². The van der Waals surface area contributed by atoms with E-state index in [0.29, 0.717) is 16.9 Å². The highest BCUT2D eigenvalue weighted by atomic mass is 32.2. The number of nitrogens with one attached hydrogen (secondary N) is 1. The van der Waals surface area contributed by atoms with Gasteiger partial charge in [0.1, 0.15) is 5.51 Å². The Balaban J connectivity index is 1.57. The maximum Gasteiger partial charge on any atom is 0.256 e. The maximum atomic E-state index is 13.5. The summed E-state index contributed by atoms with van der Waals surface area (Å²) in [5.41, 5.74) is 6.03. The molecule has 1 amide bonds. The minimum absolute atomic E-state index is 0.212. The quantitative estimate of drug-likeness (QED) is 0.390. The van der Waals surface area contributed by atoms with Gasteiger partial charge >= 0.3 is 0 Å². The summed E-state index contributed by atoms with van der Waals surface area (Å²) < 4.78 is 2.53. The number of pyridine rings is 1. The van der Waals surface area contributed by atoms with Crippen molar-refractivity contribution in [2.75, 3.05) is 5.32 Å². The van der Waals surface area contributed by atoms with E-state index in [9.17, 15) is 4.79 Å². The second-order valence-electron chi connectivity index (χ2n) is 7.09. The number of fused-ring (bicyclic) bond motifs is 1. The highest BCUT2D eigenvalue weighted by molar-refractivity contribution is 8.01. The van der Waals surface area contributed by atoms with Crippen molar-refractivity contribution in [2.24, 2.45) is 7.05 Å². The number of para-hydroxylation sites is 1. The topological polar surface area (TPSA) is 85.6 Å². The second kappa shape index (κ2) is 8.52. The summed E-state index contributed by atoms with van der Waals surface area (Å²) in [5, 5.41) is 16.3. The van der Waals surface area contributed by atoms with Crippen LogP contribution in [0.1, 0.15) is 16.1 Å². The monoisotopic (exact) mass is 458 g/mol. The van der Waals surface area contributed by atoms with Gasteiger partial charge in [-0.2, -0.15) is 5.10 Å². The van der Waals surface area contributed by atoms with Crippen molar-refractivity contribution in [3.63, 3.8) is 0 Å². The van der Waals surface area contributed by atoms with Gasteiger partial charge in [0, 0.05) is 17.5 Å². The van der Waals surface area contributed by atoms with E-state index in [-0.39, 0.29) is 5.91 Å². The molecule has 0 saturated carbocycles. The number of benzene rings is 2. The van der Waals surface area contributed by atoms with Gasteiger partial charge in [-0.1, -0.05) is 65.6 Å². The van der Waals surface area contributed by atoms with Gasteiger partial charge in [0.25, 0.3) is 5.91 Å². The molecule has 0 fully saturated rings. The standard InChI is InChI=1S/C23H18N6OS2/c1-14-20-16(12-18(15-8-4-3-5-9-15)25-21(20)29(2)28-14)22(30)26-17-10-6-7-11-19(17)32-23-27-24-13-31-23/h3-13H,1-2H3,(H,26,30). The Morgan fingerprint density at radius 2 is 1.88 bits per heavy atom.